The number of anilines is 1. The van der Waals surface area contributed by atoms with E-state index in [9.17, 15) is 14.9 Å². The third kappa shape index (κ3) is 3.37. The molecule has 1 aromatic heterocycles. The van der Waals surface area contributed by atoms with E-state index in [1.165, 1.54) is 11.3 Å². The summed E-state index contributed by atoms with van der Waals surface area (Å²) < 4.78 is 0. The van der Waals surface area contributed by atoms with Crippen molar-refractivity contribution in [2.75, 3.05) is 24.5 Å². The van der Waals surface area contributed by atoms with Crippen LogP contribution in [0.15, 0.2) is 35.7 Å². The summed E-state index contributed by atoms with van der Waals surface area (Å²) >= 11 is 1.44. The molecule has 5 nitrogen and oxygen atoms in total. The highest BCUT2D eigenvalue weighted by atomic mass is 32.1. The summed E-state index contributed by atoms with van der Waals surface area (Å²) in [7, 11) is 0. The molecule has 0 saturated carbocycles. The van der Waals surface area contributed by atoms with Gasteiger partial charge < -0.3 is 4.90 Å². The van der Waals surface area contributed by atoms with Crippen LogP contribution in [-0.2, 0) is 11.3 Å². The lowest BCUT2D eigenvalue weighted by atomic mass is 10.1. The maximum atomic E-state index is 12.5. The lowest BCUT2D eigenvalue weighted by molar-refractivity contribution is -0.121. The van der Waals surface area contributed by atoms with E-state index in [0.717, 1.165) is 17.0 Å². The first-order valence-corrected chi connectivity index (χ1v) is 8.56. The highest BCUT2D eigenvalue weighted by Gasteiger charge is 2.26. The number of amides is 1. The van der Waals surface area contributed by atoms with Crippen LogP contribution in [0, 0.1) is 11.3 Å². The molecule has 0 spiro atoms. The molecule has 0 bridgehead atoms. The molecule has 1 aliphatic heterocycles. The average molecular weight is 339 g/mol. The topological polar surface area (TPSA) is 64.4 Å². The first-order valence-electron chi connectivity index (χ1n) is 7.68. The van der Waals surface area contributed by atoms with E-state index >= 15 is 0 Å². The molecule has 0 aliphatic carbocycles. The zero-order chi connectivity index (χ0) is 17.1. The summed E-state index contributed by atoms with van der Waals surface area (Å²) in [6.07, 6.45) is 0. The molecule has 2 aromatic rings. The summed E-state index contributed by atoms with van der Waals surface area (Å²) in [6.45, 7) is 3.82. The van der Waals surface area contributed by atoms with Crippen LogP contribution < -0.4 is 4.90 Å². The van der Waals surface area contributed by atoms with Crippen LogP contribution in [0.4, 0.5) is 5.69 Å². The van der Waals surface area contributed by atoms with Crippen LogP contribution in [0.3, 0.4) is 0 Å². The van der Waals surface area contributed by atoms with E-state index < -0.39 is 0 Å². The number of ketones is 1. The number of carbonyl (C=O) groups excluding carboxylic acids is 2. The smallest absolute Gasteiger partial charge is 0.241 e. The van der Waals surface area contributed by atoms with Crippen LogP contribution in [0.2, 0.25) is 0 Å². The number of piperazine rings is 1. The second-order valence-corrected chi connectivity index (χ2v) is 6.67. The molecular formula is C18H17N3O2S. The number of benzene rings is 1. The van der Waals surface area contributed by atoms with Gasteiger partial charge in [-0.1, -0.05) is 12.1 Å². The first kappa shape index (κ1) is 16.4. The lowest BCUT2D eigenvalue weighted by Gasteiger charge is -2.34. The van der Waals surface area contributed by atoms with Crippen LogP contribution in [-0.4, -0.2) is 36.2 Å². The van der Waals surface area contributed by atoms with Crippen molar-refractivity contribution < 1.29 is 9.59 Å². The molecule has 1 saturated heterocycles. The van der Waals surface area contributed by atoms with Gasteiger partial charge >= 0.3 is 0 Å². The van der Waals surface area contributed by atoms with Gasteiger partial charge in [0.25, 0.3) is 0 Å². The van der Waals surface area contributed by atoms with Gasteiger partial charge in [0.1, 0.15) is 6.07 Å². The fraction of sp³-hybridized carbons (Fsp3) is 0.278. The van der Waals surface area contributed by atoms with E-state index in [1.54, 1.807) is 24.0 Å². The predicted molar refractivity (Wildman–Crippen MR) is 93.1 cm³/mol. The molecule has 2 heterocycles. The predicted octanol–water partition coefficient (Wildman–Crippen LogP) is 2.67. The molecule has 0 radical (unpaired) electrons. The van der Waals surface area contributed by atoms with Gasteiger partial charge in [-0.2, -0.15) is 5.26 Å². The van der Waals surface area contributed by atoms with Crippen molar-refractivity contribution in [3.8, 4) is 6.07 Å². The van der Waals surface area contributed by atoms with E-state index in [2.05, 4.69) is 11.0 Å². The number of Topliss-reactive ketones (excluding diaryl/α,β-unsaturated/α-hetero) is 1. The molecule has 122 valence electrons. The van der Waals surface area contributed by atoms with Crippen molar-refractivity contribution in [2.24, 2.45) is 0 Å². The Morgan fingerprint density at radius 2 is 2.12 bits per heavy atom. The van der Waals surface area contributed by atoms with Crippen molar-refractivity contribution in [1.29, 1.82) is 5.26 Å². The second kappa shape index (κ2) is 6.95. The van der Waals surface area contributed by atoms with Crippen molar-refractivity contribution in [2.45, 2.75) is 13.5 Å². The van der Waals surface area contributed by atoms with Crippen LogP contribution in [0.25, 0.3) is 0 Å². The van der Waals surface area contributed by atoms with E-state index in [-0.39, 0.29) is 11.7 Å². The largest absolute Gasteiger partial charge is 0.309 e. The maximum absolute atomic E-state index is 12.5. The van der Waals surface area contributed by atoms with Gasteiger partial charge in [-0.3, -0.25) is 14.5 Å². The number of hydrogen-bond donors (Lipinski definition) is 0. The number of carbonyl (C=O) groups is 2. The Labute approximate surface area is 144 Å². The Balaban J connectivity index is 1.68. The fourth-order valence-electron chi connectivity index (χ4n) is 2.82. The molecule has 3 rings (SSSR count). The molecule has 0 atom stereocenters. The number of para-hydroxylation sites is 1. The van der Waals surface area contributed by atoms with E-state index in [1.807, 2.05) is 23.6 Å². The van der Waals surface area contributed by atoms with Crippen molar-refractivity contribution in [1.82, 2.24) is 4.90 Å². The van der Waals surface area contributed by atoms with Gasteiger partial charge in [0.05, 0.1) is 22.7 Å². The Morgan fingerprint density at radius 3 is 2.79 bits per heavy atom. The summed E-state index contributed by atoms with van der Waals surface area (Å²) in [5, 5.41) is 11.2. The number of thiophene rings is 1. The first-order chi connectivity index (χ1) is 11.6. The second-order valence-electron chi connectivity index (χ2n) is 5.76. The Hall–Kier alpha value is -2.49. The molecule has 0 unspecified atom stereocenters. The SMILES string of the molecule is CC(=O)c1cc(CN2CCN(c3ccccc3C#N)C(=O)C2)cs1. The zero-order valence-corrected chi connectivity index (χ0v) is 14.2. The van der Waals surface area contributed by atoms with E-state index in [4.69, 9.17) is 0 Å². The van der Waals surface area contributed by atoms with Gasteiger partial charge in [0.15, 0.2) is 5.78 Å². The minimum atomic E-state index is -0.00836. The quantitative estimate of drug-likeness (QED) is 0.804. The molecule has 1 aliphatic rings. The van der Waals surface area contributed by atoms with Crippen LogP contribution >= 0.6 is 11.3 Å². The van der Waals surface area contributed by atoms with Crippen molar-refractivity contribution >= 4 is 28.7 Å². The van der Waals surface area contributed by atoms with Crippen LogP contribution in [0.1, 0.15) is 27.7 Å². The molecule has 0 N–H and O–H groups in total. The van der Waals surface area contributed by atoms with Gasteiger partial charge in [-0.05, 0) is 36.1 Å². The number of rotatable bonds is 4. The third-order valence-electron chi connectivity index (χ3n) is 4.02. The standard InChI is InChI=1S/C18H17N3O2S/c1-13(22)17-8-14(12-24-17)10-20-6-7-21(18(23)11-20)16-5-3-2-4-15(16)9-19/h2-5,8,12H,6-7,10-11H2,1H3. The van der Waals surface area contributed by atoms with Gasteiger partial charge in [-0.25, -0.2) is 0 Å². The molecular weight excluding hydrogens is 322 g/mol. The summed E-state index contributed by atoms with van der Waals surface area (Å²) in [6, 6.07) is 11.2. The Bertz CT molecular complexity index is 822. The minimum Gasteiger partial charge on any atom is -0.309 e. The van der Waals surface area contributed by atoms with Gasteiger partial charge in [0, 0.05) is 19.6 Å². The number of nitriles is 1. The normalized spacial score (nSPS) is 15.3. The molecule has 6 heteroatoms. The van der Waals surface area contributed by atoms with Crippen molar-refractivity contribution in [3.05, 3.63) is 51.7 Å². The molecule has 1 amide bonds. The van der Waals surface area contributed by atoms with E-state index in [0.29, 0.717) is 30.9 Å². The summed E-state index contributed by atoms with van der Waals surface area (Å²) in [5.41, 5.74) is 2.26. The molecule has 24 heavy (non-hydrogen) atoms. The molecule has 1 aromatic carbocycles. The number of hydrogen-bond acceptors (Lipinski definition) is 5. The summed E-state index contributed by atoms with van der Waals surface area (Å²) in [4.78, 5) is 28.4. The zero-order valence-electron chi connectivity index (χ0n) is 13.4. The Morgan fingerprint density at radius 1 is 1.33 bits per heavy atom. The minimum absolute atomic E-state index is 0.00836. The highest BCUT2D eigenvalue weighted by molar-refractivity contribution is 7.12. The van der Waals surface area contributed by atoms with Gasteiger partial charge in [-0.15, -0.1) is 11.3 Å². The number of nitrogens with zero attached hydrogens (tertiary/aromatic N) is 3. The lowest BCUT2D eigenvalue weighted by Crippen LogP contribution is -2.50. The van der Waals surface area contributed by atoms with Crippen LogP contribution in [0.5, 0.6) is 0 Å². The Kier molecular flexibility index (Phi) is 4.74. The van der Waals surface area contributed by atoms with Crippen molar-refractivity contribution in [3.63, 3.8) is 0 Å². The third-order valence-corrected chi connectivity index (χ3v) is 5.10. The average Bonchev–Trinajstić information content (AvgIpc) is 3.04. The fourth-order valence-corrected chi connectivity index (χ4v) is 3.62. The van der Waals surface area contributed by atoms with Gasteiger partial charge in [0.2, 0.25) is 5.91 Å². The monoisotopic (exact) mass is 339 g/mol. The molecule has 1 fully saturated rings. The maximum Gasteiger partial charge on any atom is 0.241 e. The highest BCUT2D eigenvalue weighted by Crippen LogP contribution is 2.23. The summed E-state index contributed by atoms with van der Waals surface area (Å²) in [5.74, 6) is 0.0613.